The smallest absolute Gasteiger partial charge is 0.143 e. The average molecular weight is 547 g/mol. The van der Waals surface area contributed by atoms with Gasteiger partial charge in [-0.2, -0.15) is 0 Å². The molecule has 0 unspecified atom stereocenters. The lowest BCUT2D eigenvalue weighted by molar-refractivity contribution is 0.673. The molecule has 1 heterocycles. The van der Waals surface area contributed by atoms with Gasteiger partial charge in [0.2, 0.25) is 0 Å². The van der Waals surface area contributed by atoms with E-state index in [0.717, 1.165) is 21.5 Å². The van der Waals surface area contributed by atoms with Gasteiger partial charge in [0.1, 0.15) is 11.2 Å². The zero-order chi connectivity index (χ0) is 35.7. The van der Waals surface area contributed by atoms with E-state index in [9.17, 15) is 2.74 Å². The maximum Gasteiger partial charge on any atom is 0.143 e. The van der Waals surface area contributed by atoms with Crippen molar-refractivity contribution in [3.63, 3.8) is 0 Å². The predicted octanol–water partition coefficient (Wildman–Crippen LogP) is 11.5. The second-order valence-corrected chi connectivity index (χ2v) is 9.86. The highest BCUT2D eigenvalue weighted by molar-refractivity contribution is 6.19. The summed E-state index contributed by atoms with van der Waals surface area (Å²) in [5.41, 5.74) is 2.86. The third kappa shape index (κ3) is 4.05. The zero-order valence-corrected chi connectivity index (χ0v) is 22.2. The van der Waals surface area contributed by atoms with E-state index in [-0.39, 0.29) is 34.7 Å². The molecule has 7 aromatic carbocycles. The highest BCUT2D eigenvalue weighted by Gasteiger charge is 2.20. The number of furan rings is 1. The summed E-state index contributed by atoms with van der Waals surface area (Å²) < 4.78 is 86.6. The fourth-order valence-electron chi connectivity index (χ4n) is 5.55. The lowest BCUT2D eigenvalue weighted by Crippen LogP contribution is -2.11. The molecule has 0 N–H and O–H groups in total. The van der Waals surface area contributed by atoms with Crippen LogP contribution in [-0.4, -0.2) is 0 Å². The molecule has 0 saturated carbocycles. The number of hydrogen-bond donors (Lipinski definition) is 0. The van der Waals surface area contributed by atoms with Gasteiger partial charge >= 0.3 is 0 Å². The van der Waals surface area contributed by atoms with Gasteiger partial charge in [-0.1, -0.05) is 121 Å². The molecule has 0 spiro atoms. The van der Waals surface area contributed by atoms with Gasteiger partial charge in [-0.15, -0.1) is 0 Å². The van der Waals surface area contributed by atoms with Crippen LogP contribution in [0.15, 0.2) is 168 Å². The highest BCUT2D eigenvalue weighted by Crippen LogP contribution is 2.45. The molecule has 0 amide bonds. The van der Waals surface area contributed by atoms with E-state index < -0.39 is 42.3 Å². The van der Waals surface area contributed by atoms with Crippen molar-refractivity contribution in [2.24, 2.45) is 0 Å². The number of nitrogens with zero attached hydrogens (tertiary/aromatic N) is 1. The Kier molecular flexibility index (Phi) is 4.00. The number of para-hydroxylation sites is 2. The topological polar surface area (TPSA) is 16.4 Å². The first-order valence-electron chi connectivity index (χ1n) is 18.0. The second-order valence-electron chi connectivity index (χ2n) is 9.86. The molecule has 0 atom stereocenters. The molecule has 42 heavy (non-hydrogen) atoms. The largest absolute Gasteiger partial charge is 0.455 e. The van der Waals surface area contributed by atoms with Crippen molar-refractivity contribution < 1.29 is 16.8 Å². The third-order valence-corrected chi connectivity index (χ3v) is 7.43. The number of hydrogen-bond acceptors (Lipinski definition) is 2. The molecule has 2 heteroatoms. The number of rotatable bonds is 5. The Balaban J connectivity index is 1.48. The summed E-state index contributed by atoms with van der Waals surface area (Å²) in [7, 11) is 0. The van der Waals surface area contributed by atoms with E-state index in [1.165, 1.54) is 4.90 Å². The fraction of sp³-hybridized carbons (Fsp3) is 0. The molecule has 0 saturated heterocycles. The Bertz CT molecular complexity index is 2650. The highest BCUT2D eigenvalue weighted by atomic mass is 16.3. The van der Waals surface area contributed by atoms with Crippen molar-refractivity contribution in [1.29, 1.82) is 0 Å². The van der Waals surface area contributed by atoms with Gasteiger partial charge < -0.3 is 9.32 Å². The van der Waals surface area contributed by atoms with Crippen molar-refractivity contribution in [2.45, 2.75) is 0 Å². The minimum absolute atomic E-state index is 0.0884. The Morgan fingerprint density at radius 3 is 2.07 bits per heavy atom. The van der Waals surface area contributed by atoms with Crippen molar-refractivity contribution in [2.75, 3.05) is 4.90 Å². The average Bonchev–Trinajstić information content (AvgIpc) is 3.55. The lowest BCUT2D eigenvalue weighted by Gasteiger charge is -2.28. The molecular formula is C40H27NO. The lowest BCUT2D eigenvalue weighted by atomic mass is 9.96. The van der Waals surface area contributed by atoms with E-state index in [2.05, 4.69) is 0 Å². The van der Waals surface area contributed by atoms with Crippen LogP contribution in [0.3, 0.4) is 0 Å². The predicted molar refractivity (Wildman–Crippen MR) is 177 cm³/mol. The normalized spacial score (nSPS) is 14.3. The molecule has 0 aliphatic carbocycles. The summed E-state index contributed by atoms with van der Waals surface area (Å²) in [4.78, 5) is 1.28. The molecular weight excluding hydrogens is 510 g/mol. The van der Waals surface area contributed by atoms with Gasteiger partial charge in [0, 0.05) is 33.1 Å². The Labute approximate surface area is 257 Å². The summed E-state index contributed by atoms with van der Waals surface area (Å²) in [5.74, 6) is 0. The van der Waals surface area contributed by atoms with Gasteiger partial charge in [0.25, 0.3) is 0 Å². The van der Waals surface area contributed by atoms with Crippen LogP contribution in [0.4, 0.5) is 17.1 Å². The van der Waals surface area contributed by atoms with Gasteiger partial charge in [-0.05, 0) is 64.4 Å². The molecule has 0 aliphatic rings. The molecule has 8 rings (SSSR count). The molecule has 2 nitrogen and oxygen atoms in total. The standard InChI is InChI=1S/C40H27NO/c1-3-12-28(13-4-1)29-22-25-32(26-23-29)41(31-15-5-2-6-16-31)37-20-10-9-18-34(37)35-19-11-21-38-39(35)36-27-24-30-14-7-8-17-33(30)40(36)42-38/h1-27H/i2D,5D,6D,15D,16D,22D,23D,25D,26D. The number of anilines is 3. The van der Waals surface area contributed by atoms with Crippen LogP contribution in [-0.2, 0) is 0 Å². The fourth-order valence-corrected chi connectivity index (χ4v) is 5.55. The summed E-state index contributed by atoms with van der Waals surface area (Å²) in [6.45, 7) is 0. The summed E-state index contributed by atoms with van der Waals surface area (Å²) in [6.07, 6.45) is 0. The van der Waals surface area contributed by atoms with Crippen molar-refractivity contribution in [3.8, 4) is 22.3 Å². The molecule has 0 aliphatic heterocycles. The maximum atomic E-state index is 9.31. The summed E-state index contributed by atoms with van der Waals surface area (Å²) >= 11 is 0. The van der Waals surface area contributed by atoms with Crippen LogP contribution in [0.2, 0.25) is 0 Å². The van der Waals surface area contributed by atoms with E-state index in [1.807, 2.05) is 66.7 Å². The van der Waals surface area contributed by atoms with Gasteiger partial charge in [-0.3, -0.25) is 0 Å². The third-order valence-electron chi connectivity index (χ3n) is 7.43. The van der Waals surface area contributed by atoms with Gasteiger partial charge in [0.05, 0.1) is 18.0 Å². The first-order chi connectivity index (χ1) is 24.6. The van der Waals surface area contributed by atoms with Crippen LogP contribution < -0.4 is 4.90 Å². The number of benzene rings is 7. The molecule has 0 radical (unpaired) electrons. The molecule has 198 valence electrons. The second kappa shape index (κ2) is 10.1. The molecule has 1 aromatic heterocycles. The quantitative estimate of drug-likeness (QED) is 0.213. The van der Waals surface area contributed by atoms with Crippen molar-refractivity contribution in [3.05, 3.63) is 164 Å². The van der Waals surface area contributed by atoms with Gasteiger partial charge in [-0.25, -0.2) is 0 Å². The number of fused-ring (bicyclic) bond motifs is 5. The maximum absolute atomic E-state index is 9.31. The van der Waals surface area contributed by atoms with Crippen LogP contribution >= 0.6 is 0 Å². The van der Waals surface area contributed by atoms with E-state index in [4.69, 9.17) is 14.0 Å². The zero-order valence-electron chi connectivity index (χ0n) is 31.2. The van der Waals surface area contributed by atoms with Crippen LogP contribution in [0.25, 0.3) is 55.0 Å². The Hall–Kier alpha value is -5.60. The van der Waals surface area contributed by atoms with Crippen molar-refractivity contribution >= 4 is 49.8 Å². The van der Waals surface area contributed by atoms with E-state index >= 15 is 0 Å². The van der Waals surface area contributed by atoms with Gasteiger partial charge in [0.15, 0.2) is 0 Å². The van der Waals surface area contributed by atoms with E-state index in [1.54, 1.807) is 42.5 Å². The molecule has 0 fully saturated rings. The molecule has 0 bridgehead atoms. The molecule has 8 aromatic rings. The monoisotopic (exact) mass is 546 g/mol. The Morgan fingerprint density at radius 1 is 0.500 bits per heavy atom. The van der Waals surface area contributed by atoms with Crippen LogP contribution in [0.1, 0.15) is 12.3 Å². The SMILES string of the molecule is [2H]c1c([2H])c([2H])c(N(c2ccccc2-c2cccc3oc4c5ccccc5ccc4c23)c2c([2H])c([2H])c(-c3ccccc3)c([2H])c2[2H])c([2H])c1[2H]. The minimum Gasteiger partial charge on any atom is -0.455 e. The van der Waals surface area contributed by atoms with Crippen molar-refractivity contribution in [1.82, 2.24) is 0 Å². The van der Waals surface area contributed by atoms with Crippen LogP contribution in [0, 0.1) is 0 Å². The summed E-state index contributed by atoms with van der Waals surface area (Å²) in [6, 6.07) is 28.8. The first kappa shape index (κ1) is 16.6. The summed E-state index contributed by atoms with van der Waals surface area (Å²) in [5, 5.41) is 3.58. The Morgan fingerprint density at radius 2 is 1.21 bits per heavy atom. The van der Waals surface area contributed by atoms with Crippen LogP contribution in [0.5, 0.6) is 0 Å². The van der Waals surface area contributed by atoms with E-state index in [0.29, 0.717) is 27.9 Å². The first-order valence-corrected chi connectivity index (χ1v) is 13.5. The minimum atomic E-state index is -0.598.